The number of rotatable bonds is 5. The zero-order chi connectivity index (χ0) is 14.7. The van der Waals surface area contributed by atoms with E-state index >= 15 is 0 Å². The van der Waals surface area contributed by atoms with Crippen LogP contribution in [0.25, 0.3) is 10.9 Å². The smallest absolute Gasteiger partial charge is 0.105 e. The molecular weight excluding hydrogens is 370 g/mol. The number of aryl methyl sites for hydroxylation is 1. The van der Waals surface area contributed by atoms with Crippen molar-refractivity contribution in [2.45, 2.75) is 43.5 Å². The van der Waals surface area contributed by atoms with Gasteiger partial charge in [-0.05, 0) is 43.5 Å². The number of unbranched alkanes of at least 4 members (excludes halogenated alkanes) is 1. The van der Waals surface area contributed by atoms with E-state index in [2.05, 4.69) is 35.8 Å². The molecule has 6 heteroatoms. The molecule has 0 bridgehead atoms. The van der Waals surface area contributed by atoms with E-state index in [4.69, 9.17) is 16.5 Å². The Kier molecular flexibility index (Phi) is 7.44. The predicted molar refractivity (Wildman–Crippen MR) is 98.1 cm³/mol. The van der Waals surface area contributed by atoms with Gasteiger partial charge in [0.25, 0.3) is 0 Å². The van der Waals surface area contributed by atoms with Crippen LogP contribution in [0.5, 0.6) is 0 Å². The first-order chi connectivity index (χ1) is 9.52. The summed E-state index contributed by atoms with van der Waals surface area (Å²) in [6, 6.07) is 6.14. The van der Waals surface area contributed by atoms with Gasteiger partial charge in [-0.25, -0.2) is 0 Å². The quantitative estimate of drug-likeness (QED) is 0.588. The van der Waals surface area contributed by atoms with Crippen molar-refractivity contribution < 1.29 is 0 Å². The van der Waals surface area contributed by atoms with E-state index in [-0.39, 0.29) is 12.4 Å². The van der Waals surface area contributed by atoms with E-state index < -0.39 is 5.50 Å². The van der Waals surface area contributed by atoms with Gasteiger partial charge in [-0.15, -0.1) is 12.4 Å². The van der Waals surface area contributed by atoms with Gasteiger partial charge in [0.15, 0.2) is 0 Å². The summed E-state index contributed by atoms with van der Waals surface area (Å²) in [6.45, 7) is 4.26. The lowest BCUT2D eigenvalue weighted by molar-refractivity contribution is 0.777. The fourth-order valence-corrected chi connectivity index (χ4v) is 3.60. The van der Waals surface area contributed by atoms with Gasteiger partial charge in [0, 0.05) is 20.4 Å². The van der Waals surface area contributed by atoms with E-state index in [1.165, 1.54) is 22.2 Å². The van der Waals surface area contributed by atoms with Crippen molar-refractivity contribution in [2.75, 3.05) is 0 Å². The average molecular weight is 391 g/mol. The lowest BCUT2D eigenvalue weighted by Gasteiger charge is -2.16. The van der Waals surface area contributed by atoms with Crippen LogP contribution < -0.4 is 11.5 Å². The monoisotopic (exact) mass is 389 g/mol. The number of thioether (sulfide) groups is 1. The van der Waals surface area contributed by atoms with E-state index in [1.807, 2.05) is 12.1 Å². The molecule has 116 valence electrons. The standard InChI is InChI=1S/C15H20BrN3S.ClH/c1-3-4-5-11-9(2)19-13-7-6-10(16)8-12(13)14(11)20-15(17)18;/h6-8,15H,3-5,17-18H2,1-2H3;1H. The molecule has 0 aliphatic rings. The van der Waals surface area contributed by atoms with Gasteiger partial charge in [0.05, 0.1) is 5.52 Å². The second-order valence-corrected chi connectivity index (χ2v) is 6.96. The number of nitrogens with two attached hydrogens (primary N) is 2. The van der Waals surface area contributed by atoms with Crippen LogP contribution >= 0.6 is 40.1 Å². The van der Waals surface area contributed by atoms with Gasteiger partial charge in [-0.1, -0.05) is 41.0 Å². The molecule has 1 aromatic carbocycles. The highest BCUT2D eigenvalue weighted by molar-refractivity contribution is 9.10. The number of pyridine rings is 1. The fraction of sp³-hybridized carbons (Fsp3) is 0.400. The van der Waals surface area contributed by atoms with Gasteiger partial charge in [-0.3, -0.25) is 4.98 Å². The van der Waals surface area contributed by atoms with Crippen molar-refractivity contribution >= 4 is 51.0 Å². The summed E-state index contributed by atoms with van der Waals surface area (Å²) in [5.41, 5.74) is 14.6. The van der Waals surface area contributed by atoms with Gasteiger partial charge in [0.2, 0.25) is 0 Å². The first-order valence-electron chi connectivity index (χ1n) is 6.79. The van der Waals surface area contributed by atoms with Crippen molar-refractivity contribution in [3.63, 3.8) is 0 Å². The Labute approximate surface area is 144 Å². The van der Waals surface area contributed by atoms with Crippen molar-refractivity contribution in [3.05, 3.63) is 33.9 Å². The Morgan fingerprint density at radius 2 is 2.05 bits per heavy atom. The van der Waals surface area contributed by atoms with E-state index in [9.17, 15) is 0 Å². The SMILES string of the molecule is CCCCc1c(C)nc2ccc(Br)cc2c1SC(N)N.Cl. The Morgan fingerprint density at radius 3 is 2.67 bits per heavy atom. The van der Waals surface area contributed by atoms with Crippen LogP contribution in [0.2, 0.25) is 0 Å². The van der Waals surface area contributed by atoms with Gasteiger partial charge in [0.1, 0.15) is 5.50 Å². The molecule has 2 aromatic rings. The Balaban J connectivity index is 0.00000220. The molecule has 0 aliphatic heterocycles. The van der Waals surface area contributed by atoms with E-state index in [0.717, 1.165) is 40.3 Å². The summed E-state index contributed by atoms with van der Waals surface area (Å²) >= 11 is 5.05. The summed E-state index contributed by atoms with van der Waals surface area (Å²) in [4.78, 5) is 5.90. The summed E-state index contributed by atoms with van der Waals surface area (Å²) in [7, 11) is 0. The molecule has 1 aromatic heterocycles. The van der Waals surface area contributed by atoms with Crippen LogP contribution in [0.3, 0.4) is 0 Å². The largest absolute Gasteiger partial charge is 0.307 e. The fourth-order valence-electron chi connectivity index (χ4n) is 2.28. The van der Waals surface area contributed by atoms with Crippen LogP contribution in [0.15, 0.2) is 27.6 Å². The van der Waals surface area contributed by atoms with Crippen molar-refractivity contribution in [1.29, 1.82) is 0 Å². The Morgan fingerprint density at radius 1 is 1.33 bits per heavy atom. The lowest BCUT2D eigenvalue weighted by Crippen LogP contribution is -2.26. The van der Waals surface area contributed by atoms with Gasteiger partial charge >= 0.3 is 0 Å². The molecule has 0 saturated heterocycles. The average Bonchev–Trinajstić information content (AvgIpc) is 2.38. The topological polar surface area (TPSA) is 64.9 Å². The second-order valence-electron chi connectivity index (χ2n) is 4.85. The molecule has 0 radical (unpaired) electrons. The molecule has 2 rings (SSSR count). The maximum Gasteiger partial charge on any atom is 0.105 e. The molecule has 4 N–H and O–H groups in total. The Bertz CT molecular complexity index is 619. The normalized spacial score (nSPS) is 11.0. The molecular formula is C15H21BrClN3S. The minimum Gasteiger partial charge on any atom is -0.307 e. The van der Waals surface area contributed by atoms with Crippen molar-refractivity contribution in [3.8, 4) is 0 Å². The molecule has 3 nitrogen and oxygen atoms in total. The molecule has 1 heterocycles. The highest BCUT2D eigenvalue weighted by Gasteiger charge is 2.15. The predicted octanol–water partition coefficient (Wildman–Crippen LogP) is 4.36. The Hall–Kier alpha value is -0.330. The first kappa shape index (κ1) is 18.7. The first-order valence-corrected chi connectivity index (χ1v) is 8.46. The molecule has 0 atom stereocenters. The number of aromatic nitrogens is 1. The zero-order valence-corrected chi connectivity index (χ0v) is 15.4. The summed E-state index contributed by atoms with van der Waals surface area (Å²) in [5, 5.41) is 1.13. The van der Waals surface area contributed by atoms with Crippen LogP contribution in [0.1, 0.15) is 31.0 Å². The molecule has 0 unspecified atom stereocenters. The third-order valence-electron chi connectivity index (χ3n) is 3.24. The van der Waals surface area contributed by atoms with Gasteiger partial charge in [-0.2, -0.15) is 0 Å². The maximum atomic E-state index is 5.81. The van der Waals surface area contributed by atoms with Crippen LogP contribution in [0, 0.1) is 6.92 Å². The molecule has 0 aliphatic carbocycles. The minimum atomic E-state index is -0.417. The number of halogens is 2. The van der Waals surface area contributed by atoms with Gasteiger partial charge < -0.3 is 11.5 Å². The maximum absolute atomic E-state index is 5.81. The third kappa shape index (κ3) is 4.57. The number of hydrogen-bond acceptors (Lipinski definition) is 4. The van der Waals surface area contributed by atoms with E-state index in [1.54, 1.807) is 0 Å². The molecule has 0 fully saturated rings. The van der Waals surface area contributed by atoms with E-state index in [0.29, 0.717) is 0 Å². The second kappa shape index (κ2) is 8.34. The molecule has 0 amide bonds. The third-order valence-corrected chi connectivity index (χ3v) is 4.70. The molecule has 0 saturated carbocycles. The highest BCUT2D eigenvalue weighted by atomic mass is 79.9. The summed E-state index contributed by atoms with van der Waals surface area (Å²) < 4.78 is 1.05. The van der Waals surface area contributed by atoms with Crippen molar-refractivity contribution in [1.82, 2.24) is 4.98 Å². The van der Waals surface area contributed by atoms with Crippen LogP contribution in [-0.4, -0.2) is 10.5 Å². The zero-order valence-electron chi connectivity index (χ0n) is 12.2. The number of fused-ring (bicyclic) bond motifs is 1. The molecule has 0 spiro atoms. The number of hydrogen-bond donors (Lipinski definition) is 2. The molecule has 21 heavy (non-hydrogen) atoms. The lowest BCUT2D eigenvalue weighted by atomic mass is 10.0. The van der Waals surface area contributed by atoms with Crippen LogP contribution in [-0.2, 0) is 6.42 Å². The van der Waals surface area contributed by atoms with Crippen molar-refractivity contribution in [2.24, 2.45) is 11.5 Å². The number of benzene rings is 1. The summed E-state index contributed by atoms with van der Waals surface area (Å²) in [6.07, 6.45) is 3.33. The highest BCUT2D eigenvalue weighted by Crippen LogP contribution is 2.35. The number of nitrogens with zero attached hydrogens (tertiary/aromatic N) is 1. The van der Waals surface area contributed by atoms with Crippen LogP contribution in [0.4, 0.5) is 0 Å². The summed E-state index contributed by atoms with van der Waals surface area (Å²) in [5.74, 6) is 0. The minimum absolute atomic E-state index is 0.